The molecule has 1 N–H and O–H groups in total. The van der Waals surface area contributed by atoms with E-state index in [2.05, 4.69) is 10.3 Å². The number of benzene rings is 1. The zero-order valence-electron chi connectivity index (χ0n) is 15.6. The highest BCUT2D eigenvalue weighted by Gasteiger charge is 2.33. The molecule has 2 fully saturated rings. The summed E-state index contributed by atoms with van der Waals surface area (Å²) < 4.78 is 53.7. The fourth-order valence-corrected chi connectivity index (χ4v) is 5.89. The number of piperidine rings is 1. The molecule has 1 atom stereocenters. The van der Waals surface area contributed by atoms with Crippen LogP contribution in [0, 0.1) is 17.6 Å². The Morgan fingerprint density at radius 3 is 2.76 bits per heavy atom. The minimum absolute atomic E-state index is 0.0565. The second-order valence-electron chi connectivity index (χ2n) is 7.45. The van der Waals surface area contributed by atoms with Crippen LogP contribution in [0.1, 0.15) is 42.3 Å². The highest BCUT2D eigenvalue weighted by Crippen LogP contribution is 2.32. The lowest BCUT2D eigenvalue weighted by atomic mass is 10.0. The van der Waals surface area contributed by atoms with Crippen molar-refractivity contribution in [3.05, 3.63) is 45.9 Å². The van der Waals surface area contributed by atoms with E-state index in [-0.39, 0.29) is 29.2 Å². The summed E-state index contributed by atoms with van der Waals surface area (Å²) in [6, 6.07) is 2.63. The maximum atomic E-state index is 13.5. The van der Waals surface area contributed by atoms with Gasteiger partial charge in [0.05, 0.1) is 22.1 Å². The average Bonchev–Trinajstić information content (AvgIpc) is 3.46. The summed E-state index contributed by atoms with van der Waals surface area (Å²) in [5.41, 5.74) is 0.764. The molecule has 10 heteroatoms. The molecular formula is C19H21F2N3O3S2. The number of nitrogens with one attached hydrogen (secondary N) is 1. The number of halogens is 2. The lowest BCUT2D eigenvalue weighted by Gasteiger charge is -2.31. The van der Waals surface area contributed by atoms with E-state index in [1.165, 1.54) is 15.6 Å². The third-order valence-electron chi connectivity index (χ3n) is 5.22. The number of aromatic nitrogens is 1. The Labute approximate surface area is 172 Å². The molecule has 4 rings (SSSR count). The van der Waals surface area contributed by atoms with Gasteiger partial charge in [-0.25, -0.2) is 22.2 Å². The van der Waals surface area contributed by atoms with Crippen LogP contribution >= 0.6 is 11.3 Å². The normalized spacial score (nSPS) is 20.6. The van der Waals surface area contributed by atoms with E-state index >= 15 is 0 Å². The van der Waals surface area contributed by atoms with E-state index in [4.69, 9.17) is 0 Å². The van der Waals surface area contributed by atoms with Gasteiger partial charge in [0.1, 0.15) is 0 Å². The zero-order valence-corrected chi connectivity index (χ0v) is 17.2. The Bertz CT molecular complexity index is 1020. The Hall–Kier alpha value is -1.91. The number of thiazole rings is 1. The summed E-state index contributed by atoms with van der Waals surface area (Å²) in [6.45, 7) is 0.936. The van der Waals surface area contributed by atoms with Crippen molar-refractivity contribution in [3.63, 3.8) is 0 Å². The van der Waals surface area contributed by atoms with Gasteiger partial charge in [-0.05, 0) is 43.9 Å². The van der Waals surface area contributed by atoms with Gasteiger partial charge in [0.2, 0.25) is 15.9 Å². The van der Waals surface area contributed by atoms with Crippen LogP contribution in [0.3, 0.4) is 0 Å². The molecule has 1 aliphatic carbocycles. The number of carbonyl (C=O) groups is 1. The second-order valence-corrected chi connectivity index (χ2v) is 10.3. The van der Waals surface area contributed by atoms with Crippen LogP contribution in [0.15, 0.2) is 28.5 Å². The van der Waals surface area contributed by atoms with E-state index in [1.807, 2.05) is 5.38 Å². The largest absolute Gasteiger partial charge is 0.350 e. The molecule has 29 heavy (non-hydrogen) atoms. The van der Waals surface area contributed by atoms with E-state index in [0.29, 0.717) is 19.5 Å². The monoisotopic (exact) mass is 441 g/mol. The Kier molecular flexibility index (Phi) is 5.67. The van der Waals surface area contributed by atoms with E-state index in [1.54, 1.807) is 0 Å². The molecule has 2 heterocycles. The van der Waals surface area contributed by atoms with Gasteiger partial charge in [0.15, 0.2) is 11.6 Å². The van der Waals surface area contributed by atoms with Gasteiger partial charge in [0, 0.05) is 30.3 Å². The standard InChI is InChI=1S/C19H21F2N3O3S2/c20-16-6-5-15(8-17(16)21)29(26,27)24-7-1-2-13(10-24)19-23-14(11-28-19)9-22-18(25)12-3-4-12/h5-6,8,11-13H,1-4,7,9-10H2,(H,22,25). The van der Waals surface area contributed by atoms with Crippen molar-refractivity contribution in [2.75, 3.05) is 13.1 Å². The van der Waals surface area contributed by atoms with Crippen LogP contribution in [0.2, 0.25) is 0 Å². The average molecular weight is 442 g/mol. The Balaban J connectivity index is 1.44. The third-order valence-corrected chi connectivity index (χ3v) is 8.14. The highest BCUT2D eigenvalue weighted by molar-refractivity contribution is 7.89. The smallest absolute Gasteiger partial charge is 0.243 e. The topological polar surface area (TPSA) is 79.4 Å². The van der Waals surface area contributed by atoms with Gasteiger partial charge in [-0.2, -0.15) is 4.31 Å². The van der Waals surface area contributed by atoms with Gasteiger partial charge in [-0.1, -0.05) is 0 Å². The summed E-state index contributed by atoms with van der Waals surface area (Å²) in [7, 11) is -3.91. The highest BCUT2D eigenvalue weighted by atomic mass is 32.2. The molecule has 2 aliphatic rings. The SMILES string of the molecule is O=C(NCc1csc(C2CCCN(S(=O)(=O)c3ccc(F)c(F)c3)C2)n1)C1CC1. The molecule has 6 nitrogen and oxygen atoms in total. The number of sulfonamides is 1. The van der Waals surface area contributed by atoms with Gasteiger partial charge in [-0.15, -0.1) is 11.3 Å². The van der Waals surface area contributed by atoms with Gasteiger partial charge >= 0.3 is 0 Å². The van der Waals surface area contributed by atoms with Crippen molar-refractivity contribution < 1.29 is 22.0 Å². The predicted molar refractivity (Wildman–Crippen MR) is 104 cm³/mol. The van der Waals surface area contributed by atoms with Crippen molar-refractivity contribution >= 4 is 27.3 Å². The summed E-state index contributed by atoms with van der Waals surface area (Å²) in [4.78, 5) is 16.1. The Morgan fingerprint density at radius 2 is 2.03 bits per heavy atom. The summed E-state index contributed by atoms with van der Waals surface area (Å²) in [6.07, 6.45) is 3.34. The van der Waals surface area contributed by atoms with Crippen molar-refractivity contribution in [1.29, 1.82) is 0 Å². The minimum atomic E-state index is -3.91. The van der Waals surface area contributed by atoms with Crippen LogP contribution < -0.4 is 5.32 Å². The molecule has 1 aromatic heterocycles. The third kappa shape index (κ3) is 4.49. The first-order valence-corrected chi connectivity index (χ1v) is 11.8. The molecule has 0 bridgehead atoms. The van der Waals surface area contributed by atoms with E-state index in [0.717, 1.165) is 48.2 Å². The van der Waals surface area contributed by atoms with Crippen LogP contribution in [-0.2, 0) is 21.4 Å². The van der Waals surface area contributed by atoms with Gasteiger partial charge < -0.3 is 5.32 Å². The first-order valence-electron chi connectivity index (χ1n) is 9.52. The van der Waals surface area contributed by atoms with Gasteiger partial charge in [0.25, 0.3) is 0 Å². The lowest BCUT2D eigenvalue weighted by Crippen LogP contribution is -2.39. The zero-order chi connectivity index (χ0) is 20.6. The number of amides is 1. The van der Waals surface area contributed by atoms with Crippen molar-refractivity contribution in [3.8, 4) is 0 Å². The van der Waals surface area contributed by atoms with E-state index in [9.17, 15) is 22.0 Å². The van der Waals surface area contributed by atoms with Crippen molar-refractivity contribution in [1.82, 2.24) is 14.6 Å². The molecule has 1 aromatic carbocycles. The molecule has 1 saturated carbocycles. The lowest BCUT2D eigenvalue weighted by molar-refractivity contribution is -0.122. The van der Waals surface area contributed by atoms with E-state index < -0.39 is 21.7 Å². The molecule has 1 aliphatic heterocycles. The molecule has 1 unspecified atom stereocenters. The van der Waals surface area contributed by atoms with Crippen molar-refractivity contribution in [2.45, 2.75) is 43.0 Å². The van der Waals surface area contributed by atoms with Crippen LogP contribution in [0.5, 0.6) is 0 Å². The number of hydrogen-bond acceptors (Lipinski definition) is 5. The Morgan fingerprint density at radius 1 is 1.24 bits per heavy atom. The molecule has 1 saturated heterocycles. The first kappa shape index (κ1) is 20.4. The number of hydrogen-bond donors (Lipinski definition) is 1. The second kappa shape index (κ2) is 8.08. The maximum absolute atomic E-state index is 13.5. The molecule has 1 amide bonds. The molecule has 2 aromatic rings. The van der Waals surface area contributed by atoms with Crippen LogP contribution in [-0.4, -0.2) is 36.7 Å². The molecule has 0 radical (unpaired) electrons. The fourth-order valence-electron chi connectivity index (χ4n) is 3.41. The number of rotatable bonds is 6. The molecular weight excluding hydrogens is 420 g/mol. The molecule has 0 spiro atoms. The van der Waals surface area contributed by atoms with Crippen molar-refractivity contribution in [2.24, 2.45) is 5.92 Å². The quantitative estimate of drug-likeness (QED) is 0.747. The number of carbonyl (C=O) groups excluding carboxylic acids is 1. The van der Waals surface area contributed by atoms with Gasteiger partial charge in [-0.3, -0.25) is 4.79 Å². The van der Waals surface area contributed by atoms with Crippen LogP contribution in [0.25, 0.3) is 0 Å². The fraction of sp³-hybridized carbons (Fsp3) is 0.474. The van der Waals surface area contributed by atoms with Crippen LogP contribution in [0.4, 0.5) is 8.78 Å². The predicted octanol–water partition coefficient (Wildman–Crippen LogP) is 3.02. The maximum Gasteiger partial charge on any atom is 0.243 e. The summed E-state index contributed by atoms with van der Waals surface area (Å²) >= 11 is 1.45. The summed E-state index contributed by atoms with van der Waals surface area (Å²) in [5, 5.41) is 5.58. The minimum Gasteiger partial charge on any atom is -0.350 e. The number of nitrogens with zero attached hydrogens (tertiary/aromatic N) is 2. The molecule has 156 valence electrons. The summed E-state index contributed by atoms with van der Waals surface area (Å²) in [5.74, 6) is -2.13. The first-order chi connectivity index (χ1) is 13.8.